The van der Waals surface area contributed by atoms with Gasteiger partial charge < -0.3 is 4.42 Å². The Bertz CT molecular complexity index is 1190. The molecule has 0 aliphatic heterocycles. The van der Waals surface area contributed by atoms with Gasteiger partial charge >= 0.3 is 6.01 Å². The van der Waals surface area contributed by atoms with Gasteiger partial charge in [0.2, 0.25) is 15.9 Å². The van der Waals surface area contributed by atoms with E-state index in [0.717, 1.165) is 10.5 Å². The van der Waals surface area contributed by atoms with Crippen molar-refractivity contribution < 1.29 is 17.6 Å². The van der Waals surface area contributed by atoms with Gasteiger partial charge in [-0.05, 0) is 54.8 Å². The van der Waals surface area contributed by atoms with E-state index in [1.165, 1.54) is 40.7 Å². The highest BCUT2D eigenvalue weighted by molar-refractivity contribution is 7.98. The van der Waals surface area contributed by atoms with Crippen LogP contribution in [0, 0.1) is 0 Å². The third kappa shape index (κ3) is 5.34. The number of sulfonamides is 1. The zero-order valence-electron chi connectivity index (χ0n) is 17.4. The van der Waals surface area contributed by atoms with Gasteiger partial charge in [0, 0.05) is 29.1 Å². The number of carbonyl (C=O) groups excluding carboxylic acids is 1. The van der Waals surface area contributed by atoms with E-state index in [0.29, 0.717) is 0 Å². The third-order valence-corrected chi connectivity index (χ3v) is 6.99. The highest BCUT2D eigenvalue weighted by Crippen LogP contribution is 2.23. The minimum absolute atomic E-state index is 0.0567. The molecule has 0 bridgehead atoms. The standard InChI is InChI=1S/C22H22N4O4S2/c1-4-14-26(15-5-2)32(28,29)19-12-8-16(9-13-19)20(27)23-22-25-24-21(30-22)17-6-10-18(31-3)11-7-17/h4-13H,1-2,14-15H2,3H3,(H,23,25,27). The maximum absolute atomic E-state index is 12.8. The van der Waals surface area contributed by atoms with Gasteiger partial charge in [-0.1, -0.05) is 17.3 Å². The van der Waals surface area contributed by atoms with E-state index in [1.807, 2.05) is 30.5 Å². The number of aromatic nitrogens is 2. The molecule has 0 saturated heterocycles. The van der Waals surface area contributed by atoms with Crippen LogP contribution >= 0.6 is 11.8 Å². The van der Waals surface area contributed by atoms with Crippen molar-refractivity contribution in [2.75, 3.05) is 24.7 Å². The Morgan fingerprint density at radius 2 is 1.69 bits per heavy atom. The highest BCUT2D eigenvalue weighted by atomic mass is 32.2. The van der Waals surface area contributed by atoms with Crippen molar-refractivity contribution in [2.24, 2.45) is 0 Å². The van der Waals surface area contributed by atoms with Gasteiger partial charge in [0.25, 0.3) is 5.91 Å². The minimum Gasteiger partial charge on any atom is -0.403 e. The molecule has 1 N–H and O–H groups in total. The molecular formula is C22H22N4O4S2. The maximum Gasteiger partial charge on any atom is 0.322 e. The molecule has 0 aliphatic carbocycles. The minimum atomic E-state index is -3.74. The van der Waals surface area contributed by atoms with E-state index < -0.39 is 15.9 Å². The Kier molecular flexibility index (Phi) is 7.62. The summed E-state index contributed by atoms with van der Waals surface area (Å²) in [5.74, 6) is -0.227. The van der Waals surface area contributed by atoms with Crippen LogP contribution in [0.4, 0.5) is 6.01 Å². The van der Waals surface area contributed by atoms with E-state index in [2.05, 4.69) is 28.7 Å². The molecule has 2 aromatic carbocycles. The van der Waals surface area contributed by atoms with Crippen molar-refractivity contribution in [3.8, 4) is 11.5 Å². The predicted molar refractivity (Wildman–Crippen MR) is 125 cm³/mol. The Balaban J connectivity index is 1.71. The third-order valence-electron chi connectivity index (χ3n) is 4.40. The van der Waals surface area contributed by atoms with Crippen LogP contribution in [0.3, 0.4) is 0 Å². The number of amides is 1. The Morgan fingerprint density at radius 1 is 1.06 bits per heavy atom. The number of thioether (sulfide) groups is 1. The second kappa shape index (κ2) is 10.4. The van der Waals surface area contributed by atoms with Gasteiger partial charge in [-0.3, -0.25) is 10.1 Å². The van der Waals surface area contributed by atoms with Gasteiger partial charge in [-0.15, -0.1) is 30.0 Å². The SMILES string of the molecule is C=CCN(CC=C)S(=O)(=O)c1ccc(C(=O)Nc2nnc(-c3ccc(SC)cc3)o2)cc1. The van der Waals surface area contributed by atoms with Gasteiger partial charge in [0.1, 0.15) is 0 Å². The second-order valence-corrected chi connectivity index (χ2v) is 9.34. The first-order chi connectivity index (χ1) is 15.4. The summed E-state index contributed by atoms with van der Waals surface area (Å²) in [7, 11) is -3.74. The van der Waals surface area contributed by atoms with Crippen molar-refractivity contribution >= 4 is 33.7 Å². The Morgan fingerprint density at radius 3 is 2.25 bits per heavy atom. The topological polar surface area (TPSA) is 105 Å². The monoisotopic (exact) mass is 470 g/mol. The summed E-state index contributed by atoms with van der Waals surface area (Å²) in [6.07, 6.45) is 4.98. The molecule has 0 saturated carbocycles. The van der Waals surface area contributed by atoms with Crippen LogP contribution in [0.1, 0.15) is 10.4 Å². The quantitative estimate of drug-likeness (QED) is 0.352. The fourth-order valence-electron chi connectivity index (χ4n) is 2.78. The number of benzene rings is 2. The Hall–Kier alpha value is -3.21. The van der Waals surface area contributed by atoms with Crippen molar-refractivity contribution in [2.45, 2.75) is 9.79 Å². The molecule has 1 aromatic heterocycles. The first kappa shape index (κ1) is 23.5. The smallest absolute Gasteiger partial charge is 0.322 e. The number of hydrogen-bond acceptors (Lipinski definition) is 7. The predicted octanol–water partition coefficient (Wildman–Crippen LogP) is 4.07. The molecule has 0 aliphatic rings. The molecule has 0 spiro atoms. The fourth-order valence-corrected chi connectivity index (χ4v) is 4.57. The molecule has 0 unspecified atom stereocenters. The van der Waals surface area contributed by atoms with E-state index in [1.54, 1.807) is 11.8 Å². The summed E-state index contributed by atoms with van der Waals surface area (Å²) < 4.78 is 32.3. The summed E-state index contributed by atoms with van der Waals surface area (Å²) in [6.45, 7) is 7.46. The van der Waals surface area contributed by atoms with Crippen LogP contribution in [0.25, 0.3) is 11.5 Å². The van der Waals surface area contributed by atoms with Crippen LogP contribution in [0.5, 0.6) is 0 Å². The number of nitrogens with one attached hydrogen (secondary N) is 1. The molecule has 3 rings (SSSR count). The molecule has 0 fully saturated rings. The lowest BCUT2D eigenvalue weighted by Gasteiger charge is -2.19. The second-order valence-electron chi connectivity index (χ2n) is 6.52. The average molecular weight is 471 g/mol. The van der Waals surface area contributed by atoms with Crippen molar-refractivity contribution in [3.63, 3.8) is 0 Å². The van der Waals surface area contributed by atoms with E-state index in [-0.39, 0.29) is 35.5 Å². The van der Waals surface area contributed by atoms with Crippen LogP contribution in [-0.2, 0) is 10.0 Å². The molecule has 0 atom stereocenters. The van der Waals surface area contributed by atoms with E-state index in [4.69, 9.17) is 4.42 Å². The van der Waals surface area contributed by atoms with Crippen LogP contribution in [-0.4, -0.2) is 48.2 Å². The summed E-state index contributed by atoms with van der Waals surface area (Å²) in [5, 5.41) is 10.3. The summed E-state index contributed by atoms with van der Waals surface area (Å²) in [5.41, 5.74) is 0.973. The van der Waals surface area contributed by atoms with Crippen LogP contribution < -0.4 is 5.32 Å². The molecule has 1 heterocycles. The van der Waals surface area contributed by atoms with Gasteiger partial charge in [-0.2, -0.15) is 4.31 Å². The lowest BCUT2D eigenvalue weighted by atomic mass is 10.2. The summed E-state index contributed by atoms with van der Waals surface area (Å²) >= 11 is 1.62. The molecule has 8 nitrogen and oxygen atoms in total. The van der Waals surface area contributed by atoms with Crippen molar-refractivity contribution in [1.29, 1.82) is 0 Å². The van der Waals surface area contributed by atoms with Gasteiger partial charge in [0.05, 0.1) is 4.90 Å². The van der Waals surface area contributed by atoms with E-state index in [9.17, 15) is 13.2 Å². The highest BCUT2D eigenvalue weighted by Gasteiger charge is 2.23. The normalized spacial score (nSPS) is 11.3. The number of carbonyl (C=O) groups is 1. The van der Waals surface area contributed by atoms with Gasteiger partial charge in [-0.25, -0.2) is 8.42 Å². The fraction of sp³-hybridized carbons (Fsp3) is 0.136. The first-order valence-electron chi connectivity index (χ1n) is 9.50. The van der Waals surface area contributed by atoms with Crippen LogP contribution in [0.2, 0.25) is 0 Å². The summed E-state index contributed by atoms with van der Waals surface area (Å²) in [4.78, 5) is 13.7. The lowest BCUT2D eigenvalue weighted by molar-refractivity contribution is 0.102. The largest absolute Gasteiger partial charge is 0.403 e. The number of hydrogen-bond donors (Lipinski definition) is 1. The molecule has 32 heavy (non-hydrogen) atoms. The van der Waals surface area contributed by atoms with E-state index >= 15 is 0 Å². The number of rotatable bonds is 10. The summed E-state index contributed by atoms with van der Waals surface area (Å²) in [6, 6.07) is 13.1. The molecule has 0 radical (unpaired) electrons. The number of anilines is 1. The zero-order chi connectivity index (χ0) is 23.1. The van der Waals surface area contributed by atoms with Crippen molar-refractivity contribution in [1.82, 2.24) is 14.5 Å². The molecule has 3 aromatic rings. The van der Waals surface area contributed by atoms with Gasteiger partial charge in [0.15, 0.2) is 0 Å². The maximum atomic E-state index is 12.8. The number of nitrogens with zero attached hydrogens (tertiary/aromatic N) is 3. The Labute approximate surface area is 191 Å². The zero-order valence-corrected chi connectivity index (χ0v) is 19.0. The molecule has 10 heteroatoms. The van der Waals surface area contributed by atoms with Crippen LogP contribution in [0.15, 0.2) is 88.0 Å². The average Bonchev–Trinajstić information content (AvgIpc) is 3.27. The molecule has 166 valence electrons. The van der Waals surface area contributed by atoms with Crippen molar-refractivity contribution in [3.05, 3.63) is 79.4 Å². The first-order valence-corrected chi connectivity index (χ1v) is 12.2. The molecule has 1 amide bonds. The molecular weight excluding hydrogens is 448 g/mol. The lowest BCUT2D eigenvalue weighted by Crippen LogP contribution is -2.31.